The molecule has 122 valence electrons. The second kappa shape index (κ2) is 7.75. The summed E-state index contributed by atoms with van der Waals surface area (Å²) in [5, 5.41) is 2.91. The summed E-state index contributed by atoms with van der Waals surface area (Å²) < 4.78 is 5.86. The van der Waals surface area contributed by atoms with Crippen LogP contribution in [0.15, 0.2) is 60.1 Å². The molecule has 1 aromatic heterocycles. The van der Waals surface area contributed by atoms with Gasteiger partial charge in [0, 0.05) is 6.42 Å². The summed E-state index contributed by atoms with van der Waals surface area (Å²) in [7, 11) is 0. The van der Waals surface area contributed by atoms with Crippen LogP contribution < -0.4 is 10.1 Å². The first-order valence-corrected chi connectivity index (χ1v) is 8.59. The minimum absolute atomic E-state index is 0.158. The van der Waals surface area contributed by atoms with Crippen LogP contribution in [-0.4, -0.2) is 17.5 Å². The van der Waals surface area contributed by atoms with Gasteiger partial charge in [-0.25, -0.2) is 4.98 Å². The second-order valence-electron chi connectivity index (χ2n) is 5.30. The molecule has 1 amide bonds. The van der Waals surface area contributed by atoms with Crippen molar-refractivity contribution < 1.29 is 9.53 Å². The zero-order chi connectivity index (χ0) is 16.8. The summed E-state index contributed by atoms with van der Waals surface area (Å²) in [5.41, 5.74) is 4.30. The maximum Gasteiger partial charge on any atom is 0.267 e. The zero-order valence-electron chi connectivity index (χ0n) is 13.4. The van der Waals surface area contributed by atoms with E-state index in [4.69, 9.17) is 4.74 Å². The standard InChI is InChI=1S/C19H18N2O2S/c1-14-18(24-13-20-14)19(22)21-16-9-5-6-10-17(16)23-12-11-15-7-3-2-4-8-15/h2-10,13H,11-12H2,1H3,(H,21,22). The van der Waals surface area contributed by atoms with Crippen molar-refractivity contribution in [2.45, 2.75) is 13.3 Å². The fourth-order valence-corrected chi connectivity index (χ4v) is 3.02. The number of carbonyl (C=O) groups is 1. The zero-order valence-corrected chi connectivity index (χ0v) is 14.2. The van der Waals surface area contributed by atoms with E-state index >= 15 is 0 Å². The van der Waals surface area contributed by atoms with Crippen molar-refractivity contribution in [3.05, 3.63) is 76.2 Å². The average molecular weight is 338 g/mol. The Morgan fingerprint density at radius 2 is 1.88 bits per heavy atom. The molecule has 0 saturated heterocycles. The molecule has 0 unspecified atom stereocenters. The van der Waals surface area contributed by atoms with Gasteiger partial charge >= 0.3 is 0 Å². The first-order valence-electron chi connectivity index (χ1n) is 7.71. The SMILES string of the molecule is Cc1ncsc1C(=O)Nc1ccccc1OCCc1ccccc1. The molecule has 0 aliphatic heterocycles. The maximum absolute atomic E-state index is 12.3. The first-order chi connectivity index (χ1) is 11.7. The van der Waals surface area contributed by atoms with Gasteiger partial charge in [-0.2, -0.15) is 0 Å². The van der Waals surface area contributed by atoms with Crippen LogP contribution in [0.2, 0.25) is 0 Å². The van der Waals surface area contributed by atoms with Crippen molar-refractivity contribution in [1.29, 1.82) is 0 Å². The monoisotopic (exact) mass is 338 g/mol. The van der Waals surface area contributed by atoms with Gasteiger partial charge in [0.1, 0.15) is 10.6 Å². The number of benzene rings is 2. The summed E-state index contributed by atoms with van der Waals surface area (Å²) >= 11 is 1.33. The maximum atomic E-state index is 12.3. The smallest absolute Gasteiger partial charge is 0.267 e. The Bertz CT molecular complexity index is 815. The third kappa shape index (κ3) is 4.00. The van der Waals surface area contributed by atoms with E-state index < -0.39 is 0 Å². The van der Waals surface area contributed by atoms with Gasteiger partial charge < -0.3 is 10.1 Å². The molecule has 0 radical (unpaired) electrons. The summed E-state index contributed by atoms with van der Waals surface area (Å²) in [6.45, 7) is 2.38. The molecule has 24 heavy (non-hydrogen) atoms. The van der Waals surface area contributed by atoms with E-state index in [1.807, 2.05) is 49.4 Å². The average Bonchev–Trinajstić information content (AvgIpc) is 3.03. The minimum atomic E-state index is -0.158. The molecular formula is C19H18N2O2S. The van der Waals surface area contributed by atoms with Crippen molar-refractivity contribution >= 4 is 22.9 Å². The van der Waals surface area contributed by atoms with E-state index in [1.165, 1.54) is 16.9 Å². The van der Waals surface area contributed by atoms with Crippen LogP contribution in [0.3, 0.4) is 0 Å². The number of thiazole rings is 1. The Labute approximate surface area is 145 Å². The van der Waals surface area contributed by atoms with E-state index in [-0.39, 0.29) is 5.91 Å². The van der Waals surface area contributed by atoms with Crippen molar-refractivity contribution in [2.24, 2.45) is 0 Å². The van der Waals surface area contributed by atoms with Crippen LogP contribution in [0.4, 0.5) is 5.69 Å². The van der Waals surface area contributed by atoms with Crippen LogP contribution in [0.25, 0.3) is 0 Å². The largest absolute Gasteiger partial charge is 0.491 e. The number of para-hydroxylation sites is 2. The van der Waals surface area contributed by atoms with Gasteiger partial charge in [-0.3, -0.25) is 4.79 Å². The molecule has 1 N–H and O–H groups in total. The summed E-state index contributed by atoms with van der Waals surface area (Å²) in [6, 6.07) is 17.6. The van der Waals surface area contributed by atoms with Crippen LogP contribution in [-0.2, 0) is 6.42 Å². The number of hydrogen-bond donors (Lipinski definition) is 1. The normalized spacial score (nSPS) is 10.4. The number of anilines is 1. The Balaban J connectivity index is 1.65. The van der Waals surface area contributed by atoms with Crippen molar-refractivity contribution in [3.63, 3.8) is 0 Å². The van der Waals surface area contributed by atoms with Crippen molar-refractivity contribution in [2.75, 3.05) is 11.9 Å². The van der Waals surface area contributed by atoms with E-state index in [2.05, 4.69) is 22.4 Å². The summed E-state index contributed by atoms with van der Waals surface area (Å²) in [6.07, 6.45) is 0.817. The Morgan fingerprint density at radius 3 is 2.62 bits per heavy atom. The molecule has 0 aliphatic rings. The van der Waals surface area contributed by atoms with Gasteiger partial charge in [-0.1, -0.05) is 42.5 Å². The number of amides is 1. The molecule has 2 aromatic carbocycles. The van der Waals surface area contributed by atoms with Crippen LogP contribution in [0.1, 0.15) is 20.9 Å². The van der Waals surface area contributed by atoms with E-state index in [0.29, 0.717) is 22.9 Å². The molecule has 0 bridgehead atoms. The highest BCUT2D eigenvalue weighted by Gasteiger charge is 2.14. The molecular weight excluding hydrogens is 320 g/mol. The van der Waals surface area contributed by atoms with Crippen molar-refractivity contribution in [3.8, 4) is 5.75 Å². The molecule has 0 aliphatic carbocycles. The highest BCUT2D eigenvalue weighted by atomic mass is 32.1. The number of nitrogens with zero attached hydrogens (tertiary/aromatic N) is 1. The number of rotatable bonds is 6. The van der Waals surface area contributed by atoms with Gasteiger partial charge in [0.15, 0.2) is 0 Å². The fourth-order valence-electron chi connectivity index (χ4n) is 2.32. The Hall–Kier alpha value is -2.66. The number of carbonyl (C=O) groups excluding carboxylic acids is 1. The lowest BCUT2D eigenvalue weighted by molar-refractivity contribution is 0.102. The van der Waals surface area contributed by atoms with E-state index in [1.54, 1.807) is 5.51 Å². The number of aryl methyl sites for hydroxylation is 1. The Morgan fingerprint density at radius 1 is 1.12 bits per heavy atom. The molecule has 3 rings (SSSR count). The van der Waals surface area contributed by atoms with Crippen molar-refractivity contribution in [1.82, 2.24) is 4.98 Å². The van der Waals surface area contributed by atoms with E-state index in [9.17, 15) is 4.79 Å². The molecule has 1 heterocycles. The lowest BCUT2D eigenvalue weighted by Gasteiger charge is -2.12. The quantitative estimate of drug-likeness (QED) is 0.728. The number of aromatic nitrogens is 1. The van der Waals surface area contributed by atoms with Crippen LogP contribution in [0, 0.1) is 6.92 Å². The molecule has 0 spiro atoms. The van der Waals surface area contributed by atoms with Gasteiger partial charge in [0.05, 0.1) is 23.5 Å². The highest BCUT2D eigenvalue weighted by Crippen LogP contribution is 2.25. The van der Waals surface area contributed by atoms with Gasteiger partial charge in [-0.15, -0.1) is 11.3 Å². The predicted octanol–water partition coefficient (Wildman–Crippen LogP) is 4.33. The molecule has 0 atom stereocenters. The molecule has 4 nitrogen and oxygen atoms in total. The van der Waals surface area contributed by atoms with Gasteiger partial charge in [-0.05, 0) is 24.6 Å². The lowest BCUT2D eigenvalue weighted by Crippen LogP contribution is -2.13. The van der Waals surface area contributed by atoms with E-state index in [0.717, 1.165) is 12.1 Å². The summed E-state index contributed by atoms with van der Waals surface area (Å²) in [4.78, 5) is 17.1. The number of nitrogens with one attached hydrogen (secondary N) is 1. The third-order valence-corrected chi connectivity index (χ3v) is 4.51. The Kier molecular flexibility index (Phi) is 5.23. The molecule has 5 heteroatoms. The minimum Gasteiger partial charge on any atom is -0.491 e. The number of hydrogen-bond acceptors (Lipinski definition) is 4. The third-order valence-electron chi connectivity index (χ3n) is 3.58. The number of ether oxygens (including phenoxy) is 1. The molecule has 3 aromatic rings. The molecule has 0 saturated carbocycles. The topological polar surface area (TPSA) is 51.2 Å². The fraction of sp³-hybridized carbons (Fsp3) is 0.158. The summed E-state index contributed by atoms with van der Waals surface area (Å²) in [5.74, 6) is 0.512. The predicted molar refractivity (Wildman–Crippen MR) is 96.9 cm³/mol. The van der Waals surface area contributed by atoms with Crippen LogP contribution in [0.5, 0.6) is 5.75 Å². The lowest BCUT2D eigenvalue weighted by atomic mass is 10.2. The molecule has 0 fully saturated rings. The van der Waals surface area contributed by atoms with Crippen LogP contribution >= 0.6 is 11.3 Å². The second-order valence-corrected chi connectivity index (χ2v) is 6.16. The highest BCUT2D eigenvalue weighted by molar-refractivity contribution is 7.12. The first kappa shape index (κ1) is 16.2. The van der Waals surface area contributed by atoms with Gasteiger partial charge in [0.2, 0.25) is 0 Å². The van der Waals surface area contributed by atoms with Gasteiger partial charge in [0.25, 0.3) is 5.91 Å².